The van der Waals surface area contributed by atoms with E-state index >= 15 is 0 Å². The molecule has 0 amide bonds. The second-order valence-corrected chi connectivity index (χ2v) is 8.02. The van der Waals surface area contributed by atoms with Gasteiger partial charge in [0.15, 0.2) is 0 Å². The zero-order valence-electron chi connectivity index (χ0n) is 11.2. The fraction of sp³-hybridized carbons (Fsp3) is 0.538. The second kappa shape index (κ2) is 7.26. The molecule has 108 valence electrons. The van der Waals surface area contributed by atoms with Crippen molar-refractivity contribution in [1.82, 2.24) is 0 Å². The van der Waals surface area contributed by atoms with Crippen LogP contribution in [0.15, 0.2) is 24.3 Å². The lowest BCUT2D eigenvalue weighted by molar-refractivity contribution is 0.572. The van der Waals surface area contributed by atoms with Gasteiger partial charge in [-0.3, -0.25) is 0 Å². The number of halogens is 1. The summed E-state index contributed by atoms with van der Waals surface area (Å²) >= 11 is 1.40. The van der Waals surface area contributed by atoms with Gasteiger partial charge in [0.05, 0.1) is 5.75 Å². The quantitative estimate of drug-likeness (QED) is 0.840. The molecule has 2 atom stereocenters. The second-order valence-electron chi connectivity index (χ2n) is 4.51. The number of thioether (sulfide) groups is 1. The lowest BCUT2D eigenvalue weighted by Crippen LogP contribution is -2.27. The minimum Gasteiger partial charge on any atom is -0.326 e. The van der Waals surface area contributed by atoms with E-state index < -0.39 is 9.84 Å². The van der Waals surface area contributed by atoms with E-state index in [-0.39, 0.29) is 22.9 Å². The van der Waals surface area contributed by atoms with E-state index in [0.717, 1.165) is 0 Å². The monoisotopic (exact) mass is 305 g/mol. The van der Waals surface area contributed by atoms with Gasteiger partial charge in [-0.25, -0.2) is 12.8 Å². The first-order valence-corrected chi connectivity index (χ1v) is 9.25. The van der Waals surface area contributed by atoms with Gasteiger partial charge in [0.1, 0.15) is 15.7 Å². The minimum absolute atomic E-state index is 0.0824. The molecular formula is C13H20FNO2S2. The Morgan fingerprint density at radius 1 is 1.37 bits per heavy atom. The Morgan fingerprint density at radius 2 is 2.00 bits per heavy atom. The van der Waals surface area contributed by atoms with Crippen LogP contribution in [0.2, 0.25) is 0 Å². The maximum atomic E-state index is 13.8. The molecule has 0 bridgehead atoms. The average Bonchev–Trinajstić information content (AvgIpc) is 2.34. The summed E-state index contributed by atoms with van der Waals surface area (Å²) in [5.74, 6) is 0.216. The van der Waals surface area contributed by atoms with E-state index in [2.05, 4.69) is 0 Å². The number of hydrogen-bond acceptors (Lipinski definition) is 4. The summed E-state index contributed by atoms with van der Waals surface area (Å²) in [6.45, 7) is 1.94. The molecule has 2 unspecified atom stereocenters. The van der Waals surface area contributed by atoms with Crippen LogP contribution in [0.3, 0.4) is 0 Å². The Hall–Kier alpha value is -0.590. The molecule has 6 heteroatoms. The van der Waals surface area contributed by atoms with Crippen molar-refractivity contribution in [3.8, 4) is 0 Å². The number of rotatable bonds is 7. The van der Waals surface area contributed by atoms with Gasteiger partial charge in [-0.05, 0) is 12.5 Å². The Kier molecular flexibility index (Phi) is 6.29. The molecule has 0 fully saturated rings. The fourth-order valence-corrected chi connectivity index (χ4v) is 4.35. The molecule has 0 saturated carbocycles. The van der Waals surface area contributed by atoms with Crippen LogP contribution < -0.4 is 5.73 Å². The maximum Gasteiger partial charge on any atom is 0.148 e. The smallest absolute Gasteiger partial charge is 0.148 e. The average molecular weight is 305 g/mol. The SMILES string of the molecule is CCC(N)C(SCCS(C)(=O)=O)c1ccccc1F. The highest BCUT2D eigenvalue weighted by Gasteiger charge is 2.22. The summed E-state index contributed by atoms with van der Waals surface area (Å²) < 4.78 is 36.1. The van der Waals surface area contributed by atoms with Gasteiger partial charge in [0.2, 0.25) is 0 Å². The Morgan fingerprint density at radius 3 is 2.53 bits per heavy atom. The van der Waals surface area contributed by atoms with E-state index in [1.54, 1.807) is 18.2 Å². The van der Waals surface area contributed by atoms with Gasteiger partial charge < -0.3 is 5.73 Å². The van der Waals surface area contributed by atoms with Crippen LogP contribution in [0.4, 0.5) is 4.39 Å². The van der Waals surface area contributed by atoms with Gasteiger partial charge >= 0.3 is 0 Å². The standard InChI is InChI=1S/C13H20FNO2S2/c1-3-12(15)13(18-8-9-19(2,16)17)10-6-4-5-7-11(10)14/h4-7,12-13H,3,8-9,15H2,1-2H3. The molecule has 0 spiro atoms. The van der Waals surface area contributed by atoms with Crippen molar-refractivity contribution in [2.75, 3.05) is 17.8 Å². The van der Waals surface area contributed by atoms with E-state index in [4.69, 9.17) is 5.73 Å². The highest BCUT2D eigenvalue weighted by Crippen LogP contribution is 2.34. The van der Waals surface area contributed by atoms with Crippen molar-refractivity contribution in [2.24, 2.45) is 5.73 Å². The van der Waals surface area contributed by atoms with Crippen LogP contribution in [0, 0.1) is 5.82 Å². The molecule has 0 aliphatic heterocycles. The predicted molar refractivity (Wildman–Crippen MR) is 79.6 cm³/mol. The number of sulfone groups is 1. The van der Waals surface area contributed by atoms with Gasteiger partial charge in [-0.1, -0.05) is 25.1 Å². The van der Waals surface area contributed by atoms with Crippen molar-refractivity contribution in [3.63, 3.8) is 0 Å². The van der Waals surface area contributed by atoms with Crippen LogP contribution in [0.5, 0.6) is 0 Å². The fourth-order valence-electron chi connectivity index (χ4n) is 1.69. The van der Waals surface area contributed by atoms with Crippen LogP contribution in [-0.4, -0.2) is 32.2 Å². The summed E-state index contributed by atoms with van der Waals surface area (Å²) in [4.78, 5) is 0. The third-order valence-electron chi connectivity index (χ3n) is 2.82. The van der Waals surface area contributed by atoms with E-state index in [9.17, 15) is 12.8 Å². The molecule has 0 aliphatic rings. The molecule has 0 aromatic heterocycles. The summed E-state index contributed by atoms with van der Waals surface area (Å²) in [5.41, 5.74) is 6.58. The van der Waals surface area contributed by atoms with Crippen molar-refractivity contribution < 1.29 is 12.8 Å². The topological polar surface area (TPSA) is 60.2 Å². The number of hydrogen-bond donors (Lipinski definition) is 1. The Labute approximate surface area is 118 Å². The number of benzene rings is 1. The third kappa shape index (κ3) is 5.50. The van der Waals surface area contributed by atoms with Gasteiger partial charge in [0, 0.05) is 28.9 Å². The molecule has 0 saturated heterocycles. The summed E-state index contributed by atoms with van der Waals surface area (Å²) in [6, 6.07) is 6.33. The third-order valence-corrected chi connectivity index (χ3v) is 5.43. The van der Waals surface area contributed by atoms with Gasteiger partial charge in [-0.2, -0.15) is 11.8 Å². The zero-order chi connectivity index (χ0) is 14.5. The van der Waals surface area contributed by atoms with Crippen LogP contribution in [0.1, 0.15) is 24.2 Å². The molecule has 0 heterocycles. The number of nitrogens with two attached hydrogens (primary N) is 1. The van der Waals surface area contributed by atoms with E-state index in [0.29, 0.717) is 17.7 Å². The molecule has 19 heavy (non-hydrogen) atoms. The summed E-state index contributed by atoms with van der Waals surface area (Å²) in [6.07, 6.45) is 1.91. The van der Waals surface area contributed by atoms with E-state index in [1.807, 2.05) is 6.92 Å². The predicted octanol–water partition coefficient (Wildman–Crippen LogP) is 2.38. The van der Waals surface area contributed by atoms with Crippen molar-refractivity contribution in [2.45, 2.75) is 24.6 Å². The van der Waals surface area contributed by atoms with Gasteiger partial charge in [0.25, 0.3) is 0 Å². The van der Waals surface area contributed by atoms with Crippen molar-refractivity contribution >= 4 is 21.6 Å². The molecule has 1 aromatic rings. The largest absolute Gasteiger partial charge is 0.326 e. The summed E-state index contributed by atoms with van der Waals surface area (Å²) in [5, 5.41) is -0.215. The van der Waals surface area contributed by atoms with Crippen LogP contribution in [0.25, 0.3) is 0 Å². The molecule has 1 aromatic carbocycles. The first-order valence-electron chi connectivity index (χ1n) is 6.14. The Bertz CT molecular complexity index is 505. The Balaban J connectivity index is 2.82. The highest BCUT2D eigenvalue weighted by molar-refractivity contribution is 8.00. The lowest BCUT2D eigenvalue weighted by atomic mass is 10.0. The zero-order valence-corrected chi connectivity index (χ0v) is 12.8. The molecule has 2 N–H and O–H groups in total. The first kappa shape index (κ1) is 16.5. The lowest BCUT2D eigenvalue weighted by Gasteiger charge is -2.23. The minimum atomic E-state index is -3.00. The first-order chi connectivity index (χ1) is 8.85. The maximum absolute atomic E-state index is 13.8. The van der Waals surface area contributed by atoms with Crippen molar-refractivity contribution in [1.29, 1.82) is 0 Å². The molecular weight excluding hydrogens is 285 g/mol. The van der Waals surface area contributed by atoms with Crippen LogP contribution in [-0.2, 0) is 9.84 Å². The van der Waals surface area contributed by atoms with E-state index in [1.165, 1.54) is 24.1 Å². The van der Waals surface area contributed by atoms with Gasteiger partial charge in [-0.15, -0.1) is 0 Å². The van der Waals surface area contributed by atoms with Crippen LogP contribution >= 0.6 is 11.8 Å². The molecule has 1 rings (SSSR count). The highest BCUT2D eigenvalue weighted by atomic mass is 32.2. The summed E-state index contributed by atoms with van der Waals surface area (Å²) in [7, 11) is -3.00. The normalized spacial score (nSPS) is 15.2. The van der Waals surface area contributed by atoms with Crippen molar-refractivity contribution in [3.05, 3.63) is 35.6 Å². The molecule has 0 radical (unpaired) electrons. The molecule has 3 nitrogen and oxygen atoms in total. The molecule has 0 aliphatic carbocycles.